The Morgan fingerprint density at radius 1 is 1.19 bits per heavy atom. The lowest BCUT2D eigenvalue weighted by Crippen LogP contribution is -2.30. The fourth-order valence-corrected chi connectivity index (χ4v) is 3.72. The maximum absolute atomic E-state index is 12.0. The van der Waals surface area contributed by atoms with Crippen LogP contribution in [0.1, 0.15) is 30.4 Å². The molecule has 132 valence electrons. The van der Waals surface area contributed by atoms with Gasteiger partial charge in [0, 0.05) is 12.3 Å². The first kappa shape index (κ1) is 18.1. The van der Waals surface area contributed by atoms with E-state index < -0.39 is 0 Å². The fourth-order valence-electron chi connectivity index (χ4n) is 2.90. The highest BCUT2D eigenvalue weighted by atomic mass is 32.2. The molecular weight excluding hydrogens is 344 g/mol. The van der Waals surface area contributed by atoms with Crippen molar-refractivity contribution in [1.82, 2.24) is 5.32 Å². The molecule has 5 heteroatoms. The van der Waals surface area contributed by atoms with E-state index in [4.69, 9.17) is 4.74 Å². The second-order valence-electron chi connectivity index (χ2n) is 5.94. The number of rotatable bonds is 6. The summed E-state index contributed by atoms with van der Waals surface area (Å²) in [6, 6.07) is 19.9. The van der Waals surface area contributed by atoms with Crippen LogP contribution in [0.5, 0.6) is 5.75 Å². The summed E-state index contributed by atoms with van der Waals surface area (Å²) < 4.78 is 5.81. The first-order chi connectivity index (χ1) is 12.7. The van der Waals surface area contributed by atoms with Crippen molar-refractivity contribution in [2.24, 2.45) is 0 Å². The third kappa shape index (κ3) is 4.27. The fraction of sp³-hybridized carbons (Fsp3) is 0.238. The molecule has 1 atom stereocenters. The lowest BCUT2D eigenvalue weighted by molar-refractivity contribution is -0.120. The zero-order valence-corrected chi connectivity index (χ0v) is 15.4. The molecule has 1 amide bonds. The van der Waals surface area contributed by atoms with E-state index in [0.29, 0.717) is 23.6 Å². The highest BCUT2D eigenvalue weighted by molar-refractivity contribution is 8.03. The van der Waals surface area contributed by atoms with Crippen molar-refractivity contribution in [2.75, 3.05) is 5.75 Å². The molecule has 0 unspecified atom stereocenters. The molecular formula is C21H20N2O2S. The predicted molar refractivity (Wildman–Crippen MR) is 103 cm³/mol. The summed E-state index contributed by atoms with van der Waals surface area (Å²) in [6.45, 7) is 2.51. The second-order valence-corrected chi connectivity index (χ2v) is 7.21. The number of hydrogen-bond acceptors (Lipinski definition) is 4. The summed E-state index contributed by atoms with van der Waals surface area (Å²) in [7, 11) is 0. The third-order valence-electron chi connectivity index (χ3n) is 4.18. The maximum Gasteiger partial charge on any atom is 0.225 e. The average Bonchev–Trinajstić information content (AvgIpc) is 2.67. The van der Waals surface area contributed by atoms with Crippen LogP contribution in [0.25, 0.3) is 0 Å². The SMILES string of the molecule is CCSC1=C(C#N)[C@@H](c2ccc(OCc3ccccc3)cc2)CC(=O)N1. The van der Waals surface area contributed by atoms with Crippen LogP contribution in [0.15, 0.2) is 65.2 Å². The molecule has 26 heavy (non-hydrogen) atoms. The van der Waals surface area contributed by atoms with Crippen LogP contribution in [0.4, 0.5) is 0 Å². The number of thioether (sulfide) groups is 1. The average molecular weight is 364 g/mol. The minimum atomic E-state index is -0.203. The Morgan fingerprint density at radius 3 is 2.58 bits per heavy atom. The summed E-state index contributed by atoms with van der Waals surface area (Å²) in [4.78, 5) is 12.0. The first-order valence-electron chi connectivity index (χ1n) is 8.55. The summed E-state index contributed by atoms with van der Waals surface area (Å²) in [6.07, 6.45) is 0.293. The minimum Gasteiger partial charge on any atom is -0.489 e. The number of amides is 1. The van der Waals surface area contributed by atoms with Gasteiger partial charge >= 0.3 is 0 Å². The summed E-state index contributed by atoms with van der Waals surface area (Å²) in [5, 5.41) is 13.1. The van der Waals surface area contributed by atoms with Crippen molar-refractivity contribution in [3.8, 4) is 11.8 Å². The van der Waals surface area contributed by atoms with Crippen molar-refractivity contribution in [3.05, 3.63) is 76.3 Å². The zero-order chi connectivity index (χ0) is 18.4. The Balaban J connectivity index is 1.75. The van der Waals surface area contributed by atoms with E-state index in [1.165, 1.54) is 11.8 Å². The van der Waals surface area contributed by atoms with E-state index >= 15 is 0 Å². The van der Waals surface area contributed by atoms with Gasteiger partial charge in [-0.2, -0.15) is 5.26 Å². The number of benzene rings is 2. The van der Waals surface area contributed by atoms with E-state index in [1.54, 1.807) is 0 Å². The number of nitrogens with one attached hydrogen (secondary N) is 1. The van der Waals surface area contributed by atoms with Gasteiger partial charge < -0.3 is 10.1 Å². The Kier molecular flexibility index (Phi) is 5.98. The number of carbonyl (C=O) groups is 1. The van der Waals surface area contributed by atoms with Crippen LogP contribution < -0.4 is 10.1 Å². The third-order valence-corrected chi connectivity index (χ3v) is 5.07. The number of allylic oxidation sites excluding steroid dienone is 1. The van der Waals surface area contributed by atoms with Crippen LogP contribution in [-0.4, -0.2) is 11.7 Å². The van der Waals surface area contributed by atoms with Crippen LogP contribution in [0.2, 0.25) is 0 Å². The molecule has 0 aromatic heterocycles. The first-order valence-corrected chi connectivity index (χ1v) is 9.53. The highest BCUT2D eigenvalue weighted by Crippen LogP contribution is 2.36. The second kappa shape index (κ2) is 8.59. The largest absolute Gasteiger partial charge is 0.489 e. The van der Waals surface area contributed by atoms with Gasteiger partial charge in [0.25, 0.3) is 0 Å². The molecule has 2 aromatic rings. The smallest absolute Gasteiger partial charge is 0.225 e. The van der Waals surface area contributed by atoms with E-state index in [-0.39, 0.29) is 11.8 Å². The normalized spacial score (nSPS) is 16.8. The van der Waals surface area contributed by atoms with Gasteiger partial charge in [-0.3, -0.25) is 4.79 Å². The quantitative estimate of drug-likeness (QED) is 0.827. The van der Waals surface area contributed by atoms with E-state index in [9.17, 15) is 10.1 Å². The van der Waals surface area contributed by atoms with Crippen molar-refractivity contribution < 1.29 is 9.53 Å². The van der Waals surface area contributed by atoms with Crippen LogP contribution >= 0.6 is 11.8 Å². The molecule has 0 aliphatic carbocycles. The van der Waals surface area contributed by atoms with Gasteiger partial charge in [-0.05, 0) is 29.0 Å². The van der Waals surface area contributed by atoms with Crippen LogP contribution in [0, 0.1) is 11.3 Å². The number of hydrogen-bond donors (Lipinski definition) is 1. The van der Waals surface area contributed by atoms with Gasteiger partial charge in [-0.1, -0.05) is 49.4 Å². The highest BCUT2D eigenvalue weighted by Gasteiger charge is 2.29. The molecule has 3 rings (SSSR count). The summed E-state index contributed by atoms with van der Waals surface area (Å²) in [5.41, 5.74) is 2.70. The van der Waals surface area contributed by atoms with Crippen molar-refractivity contribution in [2.45, 2.75) is 25.9 Å². The zero-order valence-electron chi connectivity index (χ0n) is 14.6. The van der Waals surface area contributed by atoms with Crippen molar-refractivity contribution in [3.63, 3.8) is 0 Å². The monoisotopic (exact) mass is 364 g/mol. The molecule has 1 heterocycles. The molecule has 4 nitrogen and oxygen atoms in total. The molecule has 0 fully saturated rings. The minimum absolute atomic E-state index is 0.0469. The lowest BCUT2D eigenvalue weighted by atomic mass is 9.87. The van der Waals surface area contributed by atoms with Crippen molar-refractivity contribution >= 4 is 17.7 Å². The lowest BCUT2D eigenvalue weighted by Gasteiger charge is -2.25. The molecule has 0 saturated carbocycles. The Labute approximate surface area is 157 Å². The molecule has 0 spiro atoms. The van der Waals surface area contributed by atoms with Crippen molar-refractivity contribution in [1.29, 1.82) is 5.26 Å². The molecule has 2 aromatic carbocycles. The van der Waals surface area contributed by atoms with E-state index in [1.807, 2.05) is 61.5 Å². The van der Waals surface area contributed by atoms with Gasteiger partial charge in [0.1, 0.15) is 12.4 Å². The van der Waals surface area contributed by atoms with Crippen LogP contribution in [0.3, 0.4) is 0 Å². The van der Waals surface area contributed by atoms with Gasteiger partial charge in [0.15, 0.2) is 0 Å². The van der Waals surface area contributed by atoms with Gasteiger partial charge in [0.05, 0.1) is 16.7 Å². The summed E-state index contributed by atoms with van der Waals surface area (Å²) in [5.74, 6) is 1.32. The molecule has 1 aliphatic heterocycles. The van der Waals surface area contributed by atoms with E-state index in [2.05, 4.69) is 11.4 Å². The Morgan fingerprint density at radius 2 is 1.92 bits per heavy atom. The number of nitriles is 1. The molecule has 0 saturated heterocycles. The number of carbonyl (C=O) groups excluding carboxylic acids is 1. The standard InChI is InChI=1S/C21H20N2O2S/c1-2-26-21-19(13-22)18(12-20(24)23-21)16-8-10-17(11-9-16)25-14-15-6-4-3-5-7-15/h3-11,18H,2,12,14H2,1H3,(H,23,24)/t18-/m1/s1. The van der Waals surface area contributed by atoms with Gasteiger partial charge in [-0.15, -0.1) is 11.8 Å². The summed E-state index contributed by atoms with van der Waals surface area (Å²) >= 11 is 1.50. The number of ether oxygens (including phenoxy) is 1. The van der Waals surface area contributed by atoms with E-state index in [0.717, 1.165) is 22.6 Å². The Hall–Kier alpha value is -2.71. The Bertz CT molecular complexity index is 839. The topological polar surface area (TPSA) is 62.1 Å². The van der Waals surface area contributed by atoms with Crippen LogP contribution in [-0.2, 0) is 11.4 Å². The maximum atomic E-state index is 12.0. The van der Waals surface area contributed by atoms with Gasteiger partial charge in [0.2, 0.25) is 5.91 Å². The molecule has 1 aliphatic rings. The molecule has 1 N–H and O–H groups in total. The number of nitrogens with zero attached hydrogens (tertiary/aromatic N) is 1. The molecule has 0 radical (unpaired) electrons. The van der Waals surface area contributed by atoms with Gasteiger partial charge in [-0.25, -0.2) is 0 Å². The molecule has 0 bridgehead atoms. The predicted octanol–water partition coefficient (Wildman–Crippen LogP) is 4.36.